The molecule has 55 heavy (non-hydrogen) atoms. The van der Waals surface area contributed by atoms with Gasteiger partial charge in [0.1, 0.15) is 11.2 Å². The van der Waals surface area contributed by atoms with Crippen molar-refractivity contribution in [3.8, 4) is 39.1 Å². The molecule has 11 rings (SSSR count). The van der Waals surface area contributed by atoms with Crippen molar-refractivity contribution in [3.05, 3.63) is 200 Å². The summed E-state index contributed by atoms with van der Waals surface area (Å²) in [6.07, 6.45) is 0. The fourth-order valence-electron chi connectivity index (χ4n) is 8.44. The number of nitrogens with zero attached hydrogens (tertiary/aromatic N) is 1. The first-order valence-electron chi connectivity index (χ1n) is 18.8. The Morgan fingerprint density at radius 3 is 1.95 bits per heavy atom. The molecule has 2 aromatic heterocycles. The van der Waals surface area contributed by atoms with Crippen LogP contribution in [0.15, 0.2) is 205 Å². The van der Waals surface area contributed by atoms with Crippen LogP contribution in [0.3, 0.4) is 0 Å². The molecule has 0 saturated heterocycles. The summed E-state index contributed by atoms with van der Waals surface area (Å²) >= 11 is 0. The summed E-state index contributed by atoms with van der Waals surface area (Å²) in [6.45, 7) is 0. The van der Waals surface area contributed by atoms with Gasteiger partial charge in [-0.05, 0) is 93.9 Å². The Balaban J connectivity index is 0.963. The van der Waals surface area contributed by atoms with Gasteiger partial charge in [-0.2, -0.15) is 0 Å². The minimum absolute atomic E-state index is 0.908. The molecule has 9 aromatic carbocycles. The number of hydrogen-bond donors (Lipinski definition) is 1. The third-order valence-electron chi connectivity index (χ3n) is 11.0. The fraction of sp³-hybridized carbons (Fsp3) is 0. The lowest BCUT2D eigenvalue weighted by Gasteiger charge is -2.16. The molecule has 0 aliphatic heterocycles. The van der Waals surface area contributed by atoms with E-state index in [0.29, 0.717) is 0 Å². The van der Waals surface area contributed by atoms with Crippen LogP contribution in [-0.2, 0) is 0 Å². The maximum absolute atomic E-state index is 6.21. The highest BCUT2D eigenvalue weighted by molar-refractivity contribution is 6.13. The largest absolute Gasteiger partial charge is 0.456 e. The summed E-state index contributed by atoms with van der Waals surface area (Å²) < 4.78 is 8.59. The topological polar surface area (TPSA) is 30.1 Å². The van der Waals surface area contributed by atoms with Crippen molar-refractivity contribution >= 4 is 65.9 Å². The average Bonchev–Trinajstić information content (AvgIpc) is 3.80. The first-order chi connectivity index (χ1) is 27.3. The molecule has 0 aliphatic carbocycles. The normalized spacial score (nSPS) is 11.6. The van der Waals surface area contributed by atoms with Crippen LogP contribution in [0.25, 0.3) is 93.6 Å². The quantitative estimate of drug-likeness (QED) is 0.187. The second-order valence-electron chi connectivity index (χ2n) is 14.2. The second-order valence-corrected chi connectivity index (χ2v) is 14.2. The molecule has 11 aromatic rings. The molecule has 3 heteroatoms. The molecule has 0 radical (unpaired) electrons. The van der Waals surface area contributed by atoms with Crippen LogP contribution >= 0.6 is 0 Å². The highest BCUT2D eigenvalue weighted by Gasteiger charge is 2.16. The van der Waals surface area contributed by atoms with Crippen LogP contribution in [0.5, 0.6) is 0 Å². The van der Waals surface area contributed by atoms with Gasteiger partial charge in [0.25, 0.3) is 0 Å². The van der Waals surface area contributed by atoms with Crippen LogP contribution in [-0.4, -0.2) is 4.57 Å². The standard InChI is InChI=1S/C52H34N2O/c1-2-16-39(17-3-1)54-48-24-8-5-19-43(48)44-30-27-35(33-49(44)54)34-13-10-14-36(31-34)40-18-4-7-22-46(40)53-47-23-11-15-37-32-38(28-29-41(37)47)42-21-12-26-51-52(42)45-20-6-9-25-50(45)55-51/h1-33,53H. The van der Waals surface area contributed by atoms with Gasteiger partial charge in [0.05, 0.1) is 11.0 Å². The van der Waals surface area contributed by atoms with Crippen molar-refractivity contribution in [1.29, 1.82) is 0 Å². The van der Waals surface area contributed by atoms with Crippen LogP contribution < -0.4 is 5.32 Å². The van der Waals surface area contributed by atoms with Crippen LogP contribution in [0, 0.1) is 0 Å². The van der Waals surface area contributed by atoms with Crippen molar-refractivity contribution in [2.45, 2.75) is 0 Å². The number of fused-ring (bicyclic) bond motifs is 7. The summed E-state index contributed by atoms with van der Waals surface area (Å²) in [6, 6.07) is 71.6. The minimum Gasteiger partial charge on any atom is -0.456 e. The monoisotopic (exact) mass is 702 g/mol. The highest BCUT2D eigenvalue weighted by Crippen LogP contribution is 2.40. The summed E-state index contributed by atoms with van der Waals surface area (Å²) in [4.78, 5) is 0. The third-order valence-corrected chi connectivity index (χ3v) is 11.0. The number of hydrogen-bond acceptors (Lipinski definition) is 2. The molecule has 258 valence electrons. The number of anilines is 2. The first kappa shape index (κ1) is 31.2. The predicted octanol–water partition coefficient (Wildman–Crippen LogP) is 14.6. The Kier molecular flexibility index (Phi) is 7.17. The van der Waals surface area contributed by atoms with Gasteiger partial charge in [-0.25, -0.2) is 0 Å². The Hall–Kier alpha value is -7.36. The van der Waals surface area contributed by atoms with E-state index in [9.17, 15) is 0 Å². The van der Waals surface area contributed by atoms with Crippen LogP contribution in [0.1, 0.15) is 0 Å². The molecule has 0 fully saturated rings. The molecule has 2 heterocycles. The molecule has 1 N–H and O–H groups in total. The van der Waals surface area contributed by atoms with Crippen molar-refractivity contribution in [1.82, 2.24) is 4.57 Å². The number of benzene rings is 9. The molecule has 0 spiro atoms. The zero-order chi connectivity index (χ0) is 36.3. The highest BCUT2D eigenvalue weighted by atomic mass is 16.3. The van der Waals surface area contributed by atoms with Gasteiger partial charge in [-0.15, -0.1) is 0 Å². The molecule has 0 unspecified atom stereocenters. The molecule has 0 amide bonds. The molecule has 0 saturated carbocycles. The van der Waals surface area contributed by atoms with Gasteiger partial charge >= 0.3 is 0 Å². The Labute approximate surface area is 318 Å². The molecular weight excluding hydrogens is 669 g/mol. The molecule has 0 bridgehead atoms. The van der Waals surface area contributed by atoms with Crippen molar-refractivity contribution in [2.24, 2.45) is 0 Å². The number of para-hydroxylation sites is 4. The van der Waals surface area contributed by atoms with Crippen LogP contribution in [0.4, 0.5) is 11.4 Å². The number of furan rings is 1. The van der Waals surface area contributed by atoms with E-state index in [1.165, 1.54) is 54.8 Å². The van der Waals surface area contributed by atoms with E-state index in [4.69, 9.17) is 4.42 Å². The van der Waals surface area contributed by atoms with E-state index in [1.54, 1.807) is 0 Å². The second kappa shape index (κ2) is 12.6. The molecule has 3 nitrogen and oxygen atoms in total. The number of aromatic nitrogens is 1. The van der Waals surface area contributed by atoms with Gasteiger partial charge in [-0.3, -0.25) is 0 Å². The summed E-state index contributed by atoms with van der Waals surface area (Å²) in [5, 5.41) is 11.0. The zero-order valence-electron chi connectivity index (χ0n) is 29.9. The van der Waals surface area contributed by atoms with E-state index >= 15 is 0 Å². The van der Waals surface area contributed by atoms with Crippen molar-refractivity contribution < 1.29 is 4.42 Å². The molecule has 0 atom stereocenters. The summed E-state index contributed by atoms with van der Waals surface area (Å²) in [5.41, 5.74) is 14.5. The lowest BCUT2D eigenvalue weighted by Crippen LogP contribution is -1.95. The van der Waals surface area contributed by atoms with E-state index in [-0.39, 0.29) is 0 Å². The lowest BCUT2D eigenvalue weighted by molar-refractivity contribution is 0.669. The maximum Gasteiger partial charge on any atom is 0.136 e. The fourth-order valence-corrected chi connectivity index (χ4v) is 8.44. The van der Waals surface area contributed by atoms with E-state index < -0.39 is 0 Å². The van der Waals surface area contributed by atoms with Gasteiger partial charge in [0.15, 0.2) is 0 Å². The van der Waals surface area contributed by atoms with Gasteiger partial charge in [0, 0.05) is 49.6 Å². The molecular formula is C52H34N2O. The van der Waals surface area contributed by atoms with Crippen molar-refractivity contribution in [2.75, 3.05) is 5.32 Å². The van der Waals surface area contributed by atoms with Crippen molar-refractivity contribution in [3.63, 3.8) is 0 Å². The average molecular weight is 703 g/mol. The number of rotatable bonds is 6. The van der Waals surface area contributed by atoms with E-state index in [0.717, 1.165) is 50.1 Å². The smallest absolute Gasteiger partial charge is 0.136 e. The SMILES string of the molecule is c1ccc(-n2c3ccccc3c3ccc(-c4cccc(-c5ccccc5Nc5cccc6cc(-c7cccc8oc9ccccc9c78)ccc56)c4)cc32)cc1. The Bertz CT molecular complexity index is 3240. The van der Waals surface area contributed by atoms with Gasteiger partial charge < -0.3 is 14.3 Å². The van der Waals surface area contributed by atoms with E-state index in [2.05, 4.69) is 198 Å². The Morgan fingerprint density at radius 2 is 1.00 bits per heavy atom. The first-order valence-corrected chi connectivity index (χ1v) is 18.8. The summed E-state index contributed by atoms with van der Waals surface area (Å²) in [7, 11) is 0. The van der Waals surface area contributed by atoms with E-state index in [1.807, 2.05) is 12.1 Å². The third kappa shape index (κ3) is 5.20. The molecule has 0 aliphatic rings. The number of nitrogens with one attached hydrogen (secondary N) is 1. The lowest BCUT2D eigenvalue weighted by atomic mass is 9.96. The van der Waals surface area contributed by atoms with Gasteiger partial charge in [-0.1, -0.05) is 140 Å². The Morgan fingerprint density at radius 1 is 0.364 bits per heavy atom. The minimum atomic E-state index is 0.908. The van der Waals surface area contributed by atoms with Crippen LogP contribution in [0.2, 0.25) is 0 Å². The zero-order valence-corrected chi connectivity index (χ0v) is 29.9. The maximum atomic E-state index is 6.21. The van der Waals surface area contributed by atoms with Gasteiger partial charge in [0.2, 0.25) is 0 Å². The predicted molar refractivity (Wildman–Crippen MR) is 232 cm³/mol. The summed E-state index contributed by atoms with van der Waals surface area (Å²) in [5.74, 6) is 0.